The number of carbonyl (C=O) groups excluding carboxylic acids is 1. The van der Waals surface area contributed by atoms with E-state index in [1.54, 1.807) is 0 Å². The molecule has 0 spiro atoms. The zero-order valence-corrected chi connectivity index (χ0v) is 8.38. The first-order chi connectivity index (χ1) is 6.77. The molecule has 14 heavy (non-hydrogen) atoms. The van der Waals surface area contributed by atoms with Crippen LogP contribution < -0.4 is 0 Å². The Bertz CT molecular complexity index is 382. The van der Waals surface area contributed by atoms with E-state index in [4.69, 9.17) is 0 Å². The molecule has 1 aliphatic carbocycles. The van der Waals surface area contributed by atoms with Crippen LogP contribution in [0.15, 0.2) is 45.9 Å². The fraction of sp³-hybridized carbons (Fsp3) is 0.182. The second-order valence-corrected chi connectivity index (χ2v) is 4.20. The molecule has 0 unspecified atom stereocenters. The molecule has 0 saturated heterocycles. The van der Waals surface area contributed by atoms with Crippen molar-refractivity contribution in [2.75, 3.05) is 0 Å². The topological polar surface area (TPSA) is 37.3 Å². The fourth-order valence-electron chi connectivity index (χ4n) is 1.34. The Morgan fingerprint density at radius 1 is 1.14 bits per heavy atom. The number of carbonyl (C=O) groups is 1. The average Bonchev–Trinajstić information content (AvgIpc) is 2.51. The van der Waals surface area contributed by atoms with Gasteiger partial charge >= 0.3 is 0 Å². The molecule has 0 atom stereocenters. The van der Waals surface area contributed by atoms with Crippen LogP contribution >= 0.6 is 11.8 Å². The summed E-state index contributed by atoms with van der Waals surface area (Å²) in [7, 11) is 0. The van der Waals surface area contributed by atoms with Crippen LogP contribution in [0.25, 0.3) is 0 Å². The number of aliphatic hydroxyl groups excluding tert-OH is 1. The first-order valence-electron chi connectivity index (χ1n) is 4.45. The van der Waals surface area contributed by atoms with E-state index >= 15 is 0 Å². The molecule has 2 rings (SSSR count). The fourth-order valence-corrected chi connectivity index (χ4v) is 2.31. The smallest absolute Gasteiger partial charge is 0.173 e. The number of hydrogen-bond acceptors (Lipinski definition) is 3. The summed E-state index contributed by atoms with van der Waals surface area (Å²) >= 11 is 1.35. The van der Waals surface area contributed by atoms with Crippen molar-refractivity contribution >= 4 is 17.5 Å². The third-order valence-electron chi connectivity index (χ3n) is 2.07. The third-order valence-corrected chi connectivity index (χ3v) is 3.24. The van der Waals surface area contributed by atoms with Gasteiger partial charge in [0, 0.05) is 17.7 Å². The number of thioether (sulfide) groups is 1. The molecule has 1 aromatic carbocycles. The van der Waals surface area contributed by atoms with Gasteiger partial charge in [0.15, 0.2) is 5.78 Å². The molecule has 3 heteroatoms. The van der Waals surface area contributed by atoms with Gasteiger partial charge in [-0.15, -0.1) is 0 Å². The number of Topliss-reactive ketones (excluding diaryl/α,β-unsaturated/α-hetero) is 1. The minimum absolute atomic E-state index is 0.0522. The van der Waals surface area contributed by atoms with E-state index in [9.17, 15) is 9.90 Å². The summed E-state index contributed by atoms with van der Waals surface area (Å²) in [4.78, 5) is 12.9. The predicted octanol–water partition coefficient (Wildman–Crippen LogP) is 2.91. The molecule has 1 N–H and O–H groups in total. The average molecular weight is 206 g/mol. The Balaban J connectivity index is 2.19. The number of allylic oxidation sites excluding steroid dienone is 2. The van der Waals surface area contributed by atoms with Crippen molar-refractivity contribution in [1.29, 1.82) is 0 Å². The molecule has 0 bridgehead atoms. The van der Waals surface area contributed by atoms with Crippen molar-refractivity contribution in [3.63, 3.8) is 0 Å². The molecule has 1 aliphatic rings. The standard InChI is InChI=1S/C11H10O2S/c12-9-6-7-10(13)11(9)14-8-4-2-1-3-5-8/h1-5,12H,6-7H2. The maximum Gasteiger partial charge on any atom is 0.173 e. The first kappa shape index (κ1) is 9.34. The van der Waals surface area contributed by atoms with Crippen molar-refractivity contribution in [3.05, 3.63) is 41.0 Å². The van der Waals surface area contributed by atoms with Crippen LogP contribution in [0.5, 0.6) is 0 Å². The van der Waals surface area contributed by atoms with E-state index in [0.29, 0.717) is 17.7 Å². The second kappa shape index (κ2) is 3.88. The van der Waals surface area contributed by atoms with E-state index in [0.717, 1.165) is 4.90 Å². The van der Waals surface area contributed by atoms with Gasteiger partial charge in [0.25, 0.3) is 0 Å². The SMILES string of the molecule is O=C1CCC(O)=C1Sc1ccccc1. The highest BCUT2D eigenvalue weighted by atomic mass is 32.2. The minimum atomic E-state index is 0.0522. The Labute approximate surface area is 86.6 Å². The summed E-state index contributed by atoms with van der Waals surface area (Å²) in [6.45, 7) is 0. The summed E-state index contributed by atoms with van der Waals surface area (Å²) in [6, 6.07) is 9.61. The summed E-state index contributed by atoms with van der Waals surface area (Å²) < 4.78 is 0. The lowest BCUT2D eigenvalue weighted by Gasteiger charge is -2.00. The van der Waals surface area contributed by atoms with Crippen LogP contribution in [-0.4, -0.2) is 10.9 Å². The molecule has 0 amide bonds. The molecular formula is C11H10O2S. The van der Waals surface area contributed by atoms with Gasteiger partial charge < -0.3 is 5.11 Å². The number of aliphatic hydroxyl groups is 1. The predicted molar refractivity (Wildman–Crippen MR) is 56.2 cm³/mol. The van der Waals surface area contributed by atoms with Crippen LogP contribution in [-0.2, 0) is 4.79 Å². The van der Waals surface area contributed by atoms with Crippen molar-refractivity contribution in [2.45, 2.75) is 17.7 Å². The maximum atomic E-state index is 11.4. The molecule has 0 aromatic heterocycles. The zero-order valence-electron chi connectivity index (χ0n) is 7.56. The highest BCUT2D eigenvalue weighted by Gasteiger charge is 2.23. The Kier molecular flexibility index (Phi) is 2.59. The van der Waals surface area contributed by atoms with Gasteiger partial charge in [-0.05, 0) is 12.1 Å². The van der Waals surface area contributed by atoms with Gasteiger partial charge in [-0.2, -0.15) is 0 Å². The number of ketones is 1. The normalized spacial score (nSPS) is 16.4. The van der Waals surface area contributed by atoms with Crippen LogP contribution in [0.2, 0.25) is 0 Å². The van der Waals surface area contributed by atoms with Gasteiger partial charge in [-0.25, -0.2) is 0 Å². The molecule has 1 aromatic rings. The largest absolute Gasteiger partial charge is 0.511 e. The van der Waals surface area contributed by atoms with Crippen LogP contribution in [0.1, 0.15) is 12.8 Å². The summed E-state index contributed by atoms with van der Waals surface area (Å²) in [5, 5.41) is 9.46. The summed E-state index contributed by atoms with van der Waals surface area (Å²) in [5.74, 6) is 0.292. The van der Waals surface area contributed by atoms with Gasteiger partial charge in [-0.3, -0.25) is 4.79 Å². The summed E-state index contributed by atoms with van der Waals surface area (Å²) in [5.41, 5.74) is 0. The van der Waals surface area contributed by atoms with E-state index in [1.807, 2.05) is 30.3 Å². The number of hydrogen-bond donors (Lipinski definition) is 1. The lowest BCUT2D eigenvalue weighted by atomic mass is 10.3. The maximum absolute atomic E-state index is 11.4. The Hall–Kier alpha value is -1.22. The molecular weight excluding hydrogens is 196 g/mol. The van der Waals surface area contributed by atoms with Gasteiger partial charge in [0.1, 0.15) is 5.76 Å². The van der Waals surface area contributed by atoms with Crippen LogP contribution in [0.4, 0.5) is 0 Å². The van der Waals surface area contributed by atoms with Crippen LogP contribution in [0.3, 0.4) is 0 Å². The number of benzene rings is 1. The molecule has 72 valence electrons. The lowest BCUT2D eigenvalue weighted by Crippen LogP contribution is -1.91. The van der Waals surface area contributed by atoms with Gasteiger partial charge in [0.2, 0.25) is 0 Å². The van der Waals surface area contributed by atoms with E-state index in [1.165, 1.54) is 11.8 Å². The van der Waals surface area contributed by atoms with Crippen molar-refractivity contribution in [1.82, 2.24) is 0 Å². The monoisotopic (exact) mass is 206 g/mol. The highest BCUT2D eigenvalue weighted by molar-refractivity contribution is 8.04. The van der Waals surface area contributed by atoms with Gasteiger partial charge in [0.05, 0.1) is 4.91 Å². The summed E-state index contributed by atoms with van der Waals surface area (Å²) in [6.07, 6.45) is 0.939. The van der Waals surface area contributed by atoms with Crippen molar-refractivity contribution < 1.29 is 9.90 Å². The quantitative estimate of drug-likeness (QED) is 0.808. The zero-order chi connectivity index (χ0) is 9.97. The third kappa shape index (κ3) is 1.82. The lowest BCUT2D eigenvalue weighted by molar-refractivity contribution is -0.114. The first-order valence-corrected chi connectivity index (χ1v) is 5.27. The molecule has 0 saturated carbocycles. The van der Waals surface area contributed by atoms with E-state index in [-0.39, 0.29) is 11.5 Å². The molecule has 2 nitrogen and oxygen atoms in total. The molecule has 0 aliphatic heterocycles. The van der Waals surface area contributed by atoms with Crippen molar-refractivity contribution in [3.8, 4) is 0 Å². The second-order valence-electron chi connectivity index (χ2n) is 3.11. The molecule has 0 fully saturated rings. The molecule has 0 heterocycles. The minimum Gasteiger partial charge on any atom is -0.511 e. The highest BCUT2D eigenvalue weighted by Crippen LogP contribution is 2.34. The van der Waals surface area contributed by atoms with Gasteiger partial charge in [-0.1, -0.05) is 30.0 Å². The van der Waals surface area contributed by atoms with Crippen LogP contribution in [0, 0.1) is 0 Å². The van der Waals surface area contributed by atoms with Crippen molar-refractivity contribution in [2.24, 2.45) is 0 Å². The van der Waals surface area contributed by atoms with E-state index < -0.39 is 0 Å². The Morgan fingerprint density at radius 3 is 2.43 bits per heavy atom. The molecule has 0 radical (unpaired) electrons. The van der Waals surface area contributed by atoms with E-state index in [2.05, 4.69) is 0 Å². The Morgan fingerprint density at radius 2 is 1.86 bits per heavy atom. The number of rotatable bonds is 2.